The molecule has 3 aromatic rings. The molecule has 0 saturated carbocycles. The van der Waals surface area contributed by atoms with E-state index in [0.717, 1.165) is 22.2 Å². The Balaban J connectivity index is 1.38. The van der Waals surface area contributed by atoms with Crippen LogP contribution in [0.1, 0.15) is 28.0 Å². The Morgan fingerprint density at radius 3 is 2.40 bits per heavy atom. The van der Waals surface area contributed by atoms with Crippen molar-refractivity contribution in [1.82, 2.24) is 20.0 Å². The van der Waals surface area contributed by atoms with Gasteiger partial charge in [0.25, 0.3) is 5.91 Å². The second-order valence-corrected chi connectivity index (χ2v) is 7.32. The maximum atomic E-state index is 12.8. The highest BCUT2D eigenvalue weighted by Crippen LogP contribution is 2.18. The lowest BCUT2D eigenvalue weighted by Crippen LogP contribution is -2.50. The normalized spacial score (nSPS) is 14.6. The van der Waals surface area contributed by atoms with Gasteiger partial charge in [-0.05, 0) is 29.8 Å². The zero-order valence-electron chi connectivity index (χ0n) is 16.8. The van der Waals surface area contributed by atoms with Crippen LogP contribution in [0.2, 0.25) is 0 Å². The molecule has 7 nitrogen and oxygen atoms in total. The molecule has 2 heterocycles. The second-order valence-electron chi connectivity index (χ2n) is 7.32. The van der Waals surface area contributed by atoms with E-state index in [1.807, 2.05) is 60.7 Å². The van der Waals surface area contributed by atoms with Crippen LogP contribution in [0.5, 0.6) is 0 Å². The average molecular weight is 403 g/mol. The second kappa shape index (κ2) is 8.92. The maximum absolute atomic E-state index is 12.8. The predicted molar refractivity (Wildman–Crippen MR) is 118 cm³/mol. The molecule has 30 heavy (non-hydrogen) atoms. The van der Waals surface area contributed by atoms with Gasteiger partial charge in [-0.3, -0.25) is 14.7 Å². The number of hydrogen-bond donors (Lipinski definition) is 2. The van der Waals surface area contributed by atoms with Gasteiger partial charge in [-0.25, -0.2) is 0 Å². The van der Waals surface area contributed by atoms with Crippen LogP contribution >= 0.6 is 0 Å². The summed E-state index contributed by atoms with van der Waals surface area (Å²) in [5.41, 5.74) is 8.98. The monoisotopic (exact) mass is 403 g/mol. The van der Waals surface area contributed by atoms with E-state index in [-0.39, 0.29) is 11.8 Å². The number of rotatable bonds is 5. The highest BCUT2D eigenvalue weighted by atomic mass is 16.2. The number of nitrogens with one attached hydrogen (secondary N) is 1. The fourth-order valence-electron chi connectivity index (χ4n) is 3.65. The minimum Gasteiger partial charge on any atom is -0.339 e. The zero-order valence-corrected chi connectivity index (χ0v) is 16.8. The summed E-state index contributed by atoms with van der Waals surface area (Å²) in [5, 5.41) is 8.43. The summed E-state index contributed by atoms with van der Waals surface area (Å²) in [6.07, 6.45) is 4.31. The maximum Gasteiger partial charge on any atom is 0.253 e. The number of benzene rings is 2. The molecule has 0 bridgehead atoms. The first-order chi connectivity index (χ1) is 14.7. The summed E-state index contributed by atoms with van der Waals surface area (Å²) >= 11 is 0. The van der Waals surface area contributed by atoms with Gasteiger partial charge in [-0.15, -0.1) is 0 Å². The van der Waals surface area contributed by atoms with Crippen molar-refractivity contribution in [3.63, 3.8) is 0 Å². The van der Waals surface area contributed by atoms with Crippen LogP contribution in [0.3, 0.4) is 0 Å². The number of aromatic amines is 1. The number of fused-ring (bicyclic) bond motifs is 1. The van der Waals surface area contributed by atoms with Gasteiger partial charge in [0.05, 0.1) is 11.2 Å². The van der Waals surface area contributed by atoms with Gasteiger partial charge in [-0.2, -0.15) is 5.10 Å². The van der Waals surface area contributed by atoms with E-state index in [1.54, 1.807) is 9.80 Å². The number of H-pyrrole nitrogens is 1. The van der Waals surface area contributed by atoms with Gasteiger partial charge in [0.15, 0.2) is 0 Å². The lowest BCUT2D eigenvalue weighted by Gasteiger charge is -2.34. The Hall–Kier alpha value is -3.45. The van der Waals surface area contributed by atoms with E-state index in [2.05, 4.69) is 10.2 Å². The third-order valence-corrected chi connectivity index (χ3v) is 5.37. The van der Waals surface area contributed by atoms with Gasteiger partial charge < -0.3 is 15.5 Å². The summed E-state index contributed by atoms with van der Waals surface area (Å²) in [5.74, 6) is 0.0557. The Bertz CT molecular complexity index is 1060. The standard InChI is InChI=1S/C23H25N5O2/c24-12-11-22(29)27-13-15-28(16-14-27)23(30)18-8-5-17(6-9-18)7-10-21-19-3-1-2-4-20(19)25-26-21/h1-10H,11-16,24H2,(H,25,26). The zero-order chi connectivity index (χ0) is 20.9. The molecule has 0 atom stereocenters. The fraction of sp³-hybridized carbons (Fsp3) is 0.261. The topological polar surface area (TPSA) is 95.3 Å². The van der Waals surface area contributed by atoms with E-state index >= 15 is 0 Å². The quantitative estimate of drug-likeness (QED) is 0.684. The van der Waals surface area contributed by atoms with Gasteiger partial charge in [0.2, 0.25) is 5.91 Å². The Kier molecular flexibility index (Phi) is 5.90. The Labute approximate surface area is 175 Å². The molecule has 3 N–H and O–H groups in total. The lowest BCUT2D eigenvalue weighted by molar-refractivity contribution is -0.132. The van der Waals surface area contributed by atoms with E-state index in [9.17, 15) is 9.59 Å². The number of nitrogens with zero attached hydrogens (tertiary/aromatic N) is 3. The highest BCUT2D eigenvalue weighted by molar-refractivity contribution is 5.95. The number of piperazine rings is 1. The van der Waals surface area contributed by atoms with Crippen molar-refractivity contribution in [2.75, 3.05) is 32.7 Å². The molecule has 1 aromatic heterocycles. The average Bonchev–Trinajstić information content (AvgIpc) is 3.21. The van der Waals surface area contributed by atoms with Crippen LogP contribution in [0.15, 0.2) is 48.5 Å². The van der Waals surface area contributed by atoms with Crippen LogP contribution in [-0.2, 0) is 4.79 Å². The van der Waals surface area contributed by atoms with E-state index in [4.69, 9.17) is 5.73 Å². The largest absolute Gasteiger partial charge is 0.339 e. The summed E-state index contributed by atoms with van der Waals surface area (Å²) in [4.78, 5) is 28.3. The molecule has 0 aliphatic carbocycles. The molecule has 1 fully saturated rings. The molecule has 1 aliphatic rings. The summed E-state index contributed by atoms with van der Waals surface area (Å²) in [6.45, 7) is 2.56. The molecule has 4 rings (SSSR count). The minimum atomic E-state index is -0.00486. The predicted octanol–water partition coefficient (Wildman–Crippen LogP) is 2.37. The van der Waals surface area contributed by atoms with E-state index in [1.165, 1.54) is 0 Å². The Morgan fingerprint density at radius 1 is 0.967 bits per heavy atom. The van der Waals surface area contributed by atoms with E-state index < -0.39 is 0 Å². The number of carbonyl (C=O) groups excluding carboxylic acids is 2. The van der Waals surface area contributed by atoms with Crippen molar-refractivity contribution in [3.8, 4) is 0 Å². The van der Waals surface area contributed by atoms with Crippen LogP contribution in [-0.4, -0.2) is 64.5 Å². The van der Waals surface area contributed by atoms with Crippen molar-refractivity contribution in [1.29, 1.82) is 0 Å². The number of carbonyl (C=O) groups is 2. The number of amides is 2. The van der Waals surface area contributed by atoms with Crippen LogP contribution in [0.25, 0.3) is 23.1 Å². The van der Waals surface area contributed by atoms with Crippen LogP contribution < -0.4 is 5.73 Å². The molecule has 1 aliphatic heterocycles. The lowest BCUT2D eigenvalue weighted by atomic mass is 10.1. The number of para-hydroxylation sites is 1. The molecule has 2 aromatic carbocycles. The molecule has 0 spiro atoms. The van der Waals surface area contributed by atoms with Crippen LogP contribution in [0, 0.1) is 0 Å². The summed E-state index contributed by atoms with van der Waals surface area (Å²) in [7, 11) is 0. The molecule has 0 radical (unpaired) electrons. The number of nitrogens with two attached hydrogens (primary N) is 1. The molecule has 7 heteroatoms. The van der Waals surface area contributed by atoms with Crippen molar-refractivity contribution < 1.29 is 9.59 Å². The fourth-order valence-corrected chi connectivity index (χ4v) is 3.65. The van der Waals surface area contributed by atoms with Crippen molar-refractivity contribution >= 4 is 34.9 Å². The smallest absolute Gasteiger partial charge is 0.253 e. The highest BCUT2D eigenvalue weighted by Gasteiger charge is 2.24. The van der Waals surface area contributed by atoms with Gasteiger partial charge in [-0.1, -0.05) is 36.4 Å². The molecular formula is C23H25N5O2. The first kappa shape index (κ1) is 19.8. The number of aromatic nitrogens is 2. The van der Waals surface area contributed by atoms with Gasteiger partial charge >= 0.3 is 0 Å². The molecule has 1 saturated heterocycles. The Morgan fingerprint density at radius 2 is 1.67 bits per heavy atom. The van der Waals surface area contributed by atoms with Gasteiger partial charge in [0, 0.05) is 50.1 Å². The van der Waals surface area contributed by atoms with E-state index in [0.29, 0.717) is 44.7 Å². The van der Waals surface area contributed by atoms with Crippen molar-refractivity contribution in [2.24, 2.45) is 5.73 Å². The van der Waals surface area contributed by atoms with Crippen molar-refractivity contribution in [2.45, 2.75) is 6.42 Å². The van der Waals surface area contributed by atoms with Crippen LogP contribution in [0.4, 0.5) is 0 Å². The molecule has 2 amide bonds. The molecular weight excluding hydrogens is 378 g/mol. The first-order valence-electron chi connectivity index (χ1n) is 10.1. The first-order valence-corrected chi connectivity index (χ1v) is 10.1. The molecule has 0 unspecified atom stereocenters. The van der Waals surface area contributed by atoms with Crippen molar-refractivity contribution in [3.05, 3.63) is 65.4 Å². The molecule has 154 valence electrons. The summed E-state index contributed by atoms with van der Waals surface area (Å²) in [6, 6.07) is 15.5. The van der Waals surface area contributed by atoms with Gasteiger partial charge in [0.1, 0.15) is 0 Å². The third kappa shape index (κ3) is 4.26. The SMILES string of the molecule is NCCC(=O)N1CCN(C(=O)c2ccc(C=Cc3n[nH]c4ccccc34)cc2)CC1. The third-order valence-electron chi connectivity index (χ3n) is 5.37. The number of hydrogen-bond acceptors (Lipinski definition) is 4. The minimum absolute atomic E-state index is 0.00486. The summed E-state index contributed by atoms with van der Waals surface area (Å²) < 4.78 is 0.